The number of hydrogen-bond acceptors (Lipinski definition) is 2. The first-order valence-electron chi connectivity index (χ1n) is 5.68. The van der Waals surface area contributed by atoms with Gasteiger partial charge in [0.1, 0.15) is 0 Å². The lowest BCUT2D eigenvalue weighted by Gasteiger charge is -2.16. The number of hydrogen-bond donors (Lipinski definition) is 1. The molecule has 1 atom stereocenters. The highest BCUT2D eigenvalue weighted by Crippen LogP contribution is 2.12. The van der Waals surface area contributed by atoms with E-state index in [1.165, 1.54) is 12.0 Å². The van der Waals surface area contributed by atoms with Gasteiger partial charge in [0.25, 0.3) is 0 Å². The van der Waals surface area contributed by atoms with Crippen LogP contribution in [-0.2, 0) is 4.74 Å². The Morgan fingerprint density at radius 2 is 2.00 bits per heavy atom. The SMILES string of the molecule is CCCCOCC(NC)c1ccccc1. The fourth-order valence-electron chi connectivity index (χ4n) is 1.48. The Morgan fingerprint density at radius 3 is 2.60 bits per heavy atom. The summed E-state index contributed by atoms with van der Waals surface area (Å²) in [6.45, 7) is 3.79. The largest absolute Gasteiger partial charge is 0.379 e. The summed E-state index contributed by atoms with van der Waals surface area (Å²) < 4.78 is 5.62. The quantitative estimate of drug-likeness (QED) is 0.694. The summed E-state index contributed by atoms with van der Waals surface area (Å²) >= 11 is 0. The van der Waals surface area contributed by atoms with E-state index in [1.807, 2.05) is 13.1 Å². The van der Waals surface area contributed by atoms with Crippen LogP contribution in [0.15, 0.2) is 30.3 Å². The van der Waals surface area contributed by atoms with Gasteiger partial charge in [-0.2, -0.15) is 0 Å². The van der Waals surface area contributed by atoms with Crippen LogP contribution in [0.1, 0.15) is 31.4 Å². The lowest BCUT2D eigenvalue weighted by Crippen LogP contribution is -2.21. The lowest BCUT2D eigenvalue weighted by atomic mass is 10.1. The summed E-state index contributed by atoms with van der Waals surface area (Å²) in [7, 11) is 1.97. The maximum atomic E-state index is 5.62. The zero-order chi connectivity index (χ0) is 10.9. The van der Waals surface area contributed by atoms with Crippen molar-refractivity contribution in [2.75, 3.05) is 20.3 Å². The molecule has 2 nitrogen and oxygen atoms in total. The Labute approximate surface area is 92.6 Å². The molecule has 0 aromatic heterocycles. The van der Waals surface area contributed by atoms with Gasteiger partial charge in [-0.1, -0.05) is 43.7 Å². The maximum absolute atomic E-state index is 5.62. The van der Waals surface area contributed by atoms with Gasteiger partial charge in [-0.15, -0.1) is 0 Å². The molecule has 0 heterocycles. The minimum atomic E-state index is 0.308. The summed E-state index contributed by atoms with van der Waals surface area (Å²) in [4.78, 5) is 0. The van der Waals surface area contributed by atoms with Crippen molar-refractivity contribution in [2.24, 2.45) is 0 Å². The van der Waals surface area contributed by atoms with Crippen LogP contribution >= 0.6 is 0 Å². The van der Waals surface area contributed by atoms with Crippen LogP contribution in [0, 0.1) is 0 Å². The molecule has 0 amide bonds. The van der Waals surface area contributed by atoms with Crippen LogP contribution < -0.4 is 5.32 Å². The van der Waals surface area contributed by atoms with Gasteiger partial charge in [0.2, 0.25) is 0 Å². The molecule has 15 heavy (non-hydrogen) atoms. The second kappa shape index (κ2) is 7.43. The third-order valence-corrected chi connectivity index (χ3v) is 2.48. The summed E-state index contributed by atoms with van der Waals surface area (Å²) in [5.74, 6) is 0. The molecule has 0 aliphatic heterocycles. The lowest BCUT2D eigenvalue weighted by molar-refractivity contribution is 0.111. The molecule has 0 saturated carbocycles. The molecule has 1 aromatic rings. The fraction of sp³-hybridized carbons (Fsp3) is 0.538. The van der Waals surface area contributed by atoms with E-state index < -0.39 is 0 Å². The first-order chi connectivity index (χ1) is 7.38. The fourth-order valence-corrected chi connectivity index (χ4v) is 1.48. The number of unbranched alkanes of at least 4 members (excludes halogenated alkanes) is 1. The Balaban J connectivity index is 2.36. The molecule has 0 bridgehead atoms. The van der Waals surface area contributed by atoms with Gasteiger partial charge in [-0.25, -0.2) is 0 Å². The second-order valence-corrected chi connectivity index (χ2v) is 3.68. The summed E-state index contributed by atoms with van der Waals surface area (Å²) in [6, 6.07) is 10.7. The van der Waals surface area contributed by atoms with Crippen LogP contribution in [0.25, 0.3) is 0 Å². The Morgan fingerprint density at radius 1 is 1.27 bits per heavy atom. The van der Waals surface area contributed by atoms with Crippen LogP contribution in [-0.4, -0.2) is 20.3 Å². The standard InChI is InChI=1S/C13H21NO/c1-3-4-10-15-11-13(14-2)12-8-6-5-7-9-12/h5-9,13-14H,3-4,10-11H2,1-2H3. The maximum Gasteiger partial charge on any atom is 0.0661 e. The van der Waals surface area contributed by atoms with E-state index in [-0.39, 0.29) is 0 Å². The molecule has 0 radical (unpaired) electrons. The molecule has 2 heteroatoms. The van der Waals surface area contributed by atoms with E-state index in [2.05, 4.69) is 36.5 Å². The molecule has 0 spiro atoms. The summed E-state index contributed by atoms with van der Waals surface area (Å²) in [6.07, 6.45) is 2.33. The van der Waals surface area contributed by atoms with Crippen molar-refractivity contribution in [2.45, 2.75) is 25.8 Å². The van der Waals surface area contributed by atoms with Gasteiger partial charge in [-0.05, 0) is 19.0 Å². The third-order valence-electron chi connectivity index (χ3n) is 2.48. The molecule has 0 aliphatic carbocycles. The topological polar surface area (TPSA) is 21.3 Å². The minimum Gasteiger partial charge on any atom is -0.379 e. The van der Waals surface area contributed by atoms with Crippen LogP contribution in [0.5, 0.6) is 0 Å². The van der Waals surface area contributed by atoms with E-state index in [4.69, 9.17) is 4.74 Å². The number of rotatable bonds is 7. The molecule has 0 aliphatic rings. The smallest absolute Gasteiger partial charge is 0.0661 e. The van der Waals surface area contributed by atoms with Gasteiger partial charge in [-0.3, -0.25) is 0 Å². The number of likely N-dealkylation sites (N-methyl/N-ethyl adjacent to an activating group) is 1. The molecule has 1 unspecified atom stereocenters. The molecular weight excluding hydrogens is 186 g/mol. The van der Waals surface area contributed by atoms with Crippen molar-refractivity contribution in [3.8, 4) is 0 Å². The van der Waals surface area contributed by atoms with Crippen molar-refractivity contribution in [1.82, 2.24) is 5.32 Å². The highest BCUT2D eigenvalue weighted by Gasteiger charge is 2.07. The number of nitrogens with one attached hydrogen (secondary N) is 1. The molecule has 1 N–H and O–H groups in total. The predicted molar refractivity (Wildman–Crippen MR) is 64.0 cm³/mol. The van der Waals surface area contributed by atoms with Gasteiger partial charge in [0, 0.05) is 6.61 Å². The van der Waals surface area contributed by atoms with E-state index in [0.717, 1.165) is 19.6 Å². The van der Waals surface area contributed by atoms with Crippen LogP contribution in [0.3, 0.4) is 0 Å². The van der Waals surface area contributed by atoms with Crippen molar-refractivity contribution >= 4 is 0 Å². The Kier molecular flexibility index (Phi) is 6.05. The molecular formula is C13H21NO. The van der Waals surface area contributed by atoms with Crippen molar-refractivity contribution in [3.63, 3.8) is 0 Å². The second-order valence-electron chi connectivity index (χ2n) is 3.68. The highest BCUT2D eigenvalue weighted by atomic mass is 16.5. The van der Waals surface area contributed by atoms with Gasteiger partial charge < -0.3 is 10.1 Å². The Bertz CT molecular complexity index is 248. The normalized spacial score (nSPS) is 12.7. The number of benzene rings is 1. The monoisotopic (exact) mass is 207 g/mol. The average Bonchev–Trinajstić information content (AvgIpc) is 2.30. The molecule has 0 fully saturated rings. The Hall–Kier alpha value is -0.860. The molecule has 0 saturated heterocycles. The van der Waals surface area contributed by atoms with Crippen molar-refractivity contribution < 1.29 is 4.74 Å². The predicted octanol–water partition coefficient (Wildman–Crippen LogP) is 2.76. The average molecular weight is 207 g/mol. The summed E-state index contributed by atoms with van der Waals surface area (Å²) in [5, 5.41) is 3.27. The van der Waals surface area contributed by atoms with Gasteiger partial charge in [0.15, 0.2) is 0 Å². The third kappa shape index (κ3) is 4.45. The molecule has 84 valence electrons. The van der Waals surface area contributed by atoms with Gasteiger partial charge in [0.05, 0.1) is 12.6 Å². The van der Waals surface area contributed by atoms with Crippen molar-refractivity contribution in [1.29, 1.82) is 0 Å². The molecule has 1 aromatic carbocycles. The number of ether oxygens (including phenoxy) is 1. The zero-order valence-electron chi connectivity index (χ0n) is 9.70. The van der Waals surface area contributed by atoms with Crippen LogP contribution in [0.4, 0.5) is 0 Å². The van der Waals surface area contributed by atoms with E-state index in [0.29, 0.717) is 6.04 Å². The first kappa shape index (κ1) is 12.2. The highest BCUT2D eigenvalue weighted by molar-refractivity contribution is 5.18. The summed E-state index contributed by atoms with van der Waals surface area (Å²) in [5.41, 5.74) is 1.29. The van der Waals surface area contributed by atoms with E-state index in [9.17, 15) is 0 Å². The molecule has 1 rings (SSSR count). The first-order valence-corrected chi connectivity index (χ1v) is 5.68. The van der Waals surface area contributed by atoms with Crippen molar-refractivity contribution in [3.05, 3.63) is 35.9 Å². The van der Waals surface area contributed by atoms with Gasteiger partial charge >= 0.3 is 0 Å². The van der Waals surface area contributed by atoms with E-state index in [1.54, 1.807) is 0 Å². The minimum absolute atomic E-state index is 0.308. The van der Waals surface area contributed by atoms with Crippen LogP contribution in [0.2, 0.25) is 0 Å². The zero-order valence-corrected chi connectivity index (χ0v) is 9.70. The van der Waals surface area contributed by atoms with E-state index >= 15 is 0 Å².